The van der Waals surface area contributed by atoms with Gasteiger partial charge >= 0.3 is 11.9 Å². The van der Waals surface area contributed by atoms with E-state index in [0.29, 0.717) is 26.4 Å². The summed E-state index contributed by atoms with van der Waals surface area (Å²) in [5.41, 5.74) is 0. The third-order valence-electron chi connectivity index (χ3n) is 4.67. The number of carbonyl (C=O) groups is 3. The van der Waals surface area contributed by atoms with Crippen molar-refractivity contribution in [3.8, 4) is 0 Å². The van der Waals surface area contributed by atoms with Gasteiger partial charge < -0.3 is 24.1 Å². The maximum Gasteiger partial charge on any atom is 0.372 e. The molecule has 182 valence electrons. The molecule has 0 aliphatic heterocycles. The van der Waals surface area contributed by atoms with E-state index in [9.17, 15) is 14.4 Å². The Morgan fingerprint density at radius 2 is 1.03 bits per heavy atom. The predicted molar refractivity (Wildman–Crippen MR) is 117 cm³/mol. The zero-order valence-corrected chi connectivity index (χ0v) is 19.2. The molecule has 0 heterocycles. The maximum atomic E-state index is 11.3. The van der Waals surface area contributed by atoms with E-state index in [2.05, 4.69) is 6.92 Å². The van der Waals surface area contributed by atoms with E-state index in [1.54, 1.807) is 0 Å². The molecule has 0 rings (SSSR count). The van der Waals surface area contributed by atoms with Gasteiger partial charge in [-0.15, -0.1) is 0 Å². The summed E-state index contributed by atoms with van der Waals surface area (Å²) >= 11 is 0. The Bertz CT molecular complexity index is 453. The van der Waals surface area contributed by atoms with Crippen LogP contribution in [-0.2, 0) is 33.3 Å². The van der Waals surface area contributed by atoms with Crippen LogP contribution < -0.4 is 0 Å². The molecule has 0 unspecified atom stereocenters. The van der Waals surface area contributed by atoms with Crippen LogP contribution in [0.4, 0.5) is 0 Å². The van der Waals surface area contributed by atoms with E-state index in [1.807, 2.05) is 0 Å². The average molecular weight is 447 g/mol. The number of carbonyl (C=O) groups excluding carboxylic acids is 2. The molecule has 0 atom stereocenters. The second kappa shape index (κ2) is 23.2. The fourth-order valence-corrected chi connectivity index (χ4v) is 2.84. The van der Waals surface area contributed by atoms with Crippen LogP contribution in [0.1, 0.15) is 84.0 Å². The lowest BCUT2D eigenvalue weighted by atomic mass is 10.1. The Labute approximate surface area is 187 Å². The molecule has 0 saturated carbocycles. The van der Waals surface area contributed by atoms with Crippen molar-refractivity contribution in [2.75, 3.05) is 46.2 Å². The van der Waals surface area contributed by atoms with Crippen molar-refractivity contribution in [2.24, 2.45) is 0 Å². The normalized spacial score (nSPS) is 10.9. The average Bonchev–Trinajstić information content (AvgIpc) is 2.76. The van der Waals surface area contributed by atoms with E-state index in [-0.39, 0.29) is 26.1 Å². The van der Waals surface area contributed by atoms with Gasteiger partial charge in [-0.3, -0.25) is 9.59 Å². The summed E-state index contributed by atoms with van der Waals surface area (Å²) in [4.78, 5) is 32.5. The highest BCUT2D eigenvalue weighted by molar-refractivity contribution is 6.32. The van der Waals surface area contributed by atoms with Gasteiger partial charge in [0.25, 0.3) is 0 Å². The lowest BCUT2D eigenvalue weighted by Crippen LogP contribution is -2.17. The molecule has 0 radical (unpaired) electrons. The minimum absolute atomic E-state index is 0.0576. The Hall–Kier alpha value is -1.51. The van der Waals surface area contributed by atoms with E-state index in [1.165, 1.54) is 57.8 Å². The number of carboxylic acid groups (broad SMARTS) is 1. The summed E-state index contributed by atoms with van der Waals surface area (Å²) in [7, 11) is 0. The standard InChI is InChI=1S/C23H42O8/c1-2-3-4-5-6-7-8-9-10-11-14-28-15-16-29-17-18-30-19-20-31-22(25)13-12-21(24)23(26)27/h2-20H2,1H3,(H,26,27). The van der Waals surface area contributed by atoms with Gasteiger partial charge in [-0.25, -0.2) is 4.79 Å². The molecule has 8 heteroatoms. The highest BCUT2D eigenvalue weighted by Crippen LogP contribution is 2.10. The van der Waals surface area contributed by atoms with Crippen LogP contribution in [0.5, 0.6) is 0 Å². The van der Waals surface area contributed by atoms with Crippen LogP contribution >= 0.6 is 0 Å². The minimum atomic E-state index is -1.54. The number of esters is 1. The second-order valence-corrected chi connectivity index (χ2v) is 7.47. The van der Waals surface area contributed by atoms with E-state index in [0.717, 1.165) is 13.0 Å². The van der Waals surface area contributed by atoms with Crippen molar-refractivity contribution in [3.05, 3.63) is 0 Å². The zero-order chi connectivity index (χ0) is 23.0. The molecule has 0 aromatic carbocycles. The molecule has 0 fully saturated rings. The largest absolute Gasteiger partial charge is 0.476 e. The van der Waals surface area contributed by atoms with Crippen LogP contribution in [0.2, 0.25) is 0 Å². The predicted octanol–water partition coefficient (Wildman–Crippen LogP) is 3.93. The second-order valence-electron chi connectivity index (χ2n) is 7.47. The molecule has 0 aromatic rings. The highest BCUT2D eigenvalue weighted by atomic mass is 16.6. The van der Waals surface area contributed by atoms with Crippen LogP contribution in [0, 0.1) is 0 Å². The number of hydrogen-bond acceptors (Lipinski definition) is 7. The number of rotatable bonds is 24. The topological polar surface area (TPSA) is 108 Å². The molecule has 1 N–H and O–H groups in total. The molecule has 0 aliphatic carbocycles. The van der Waals surface area contributed by atoms with E-state index in [4.69, 9.17) is 24.1 Å². The lowest BCUT2D eigenvalue weighted by Gasteiger charge is -2.07. The molecule has 0 amide bonds. The first-order chi connectivity index (χ1) is 15.1. The summed E-state index contributed by atoms with van der Waals surface area (Å²) in [6, 6.07) is 0. The molecule has 0 aliphatic rings. The lowest BCUT2D eigenvalue weighted by molar-refractivity contribution is -0.151. The molecule has 0 aromatic heterocycles. The molecular weight excluding hydrogens is 404 g/mol. The number of carboxylic acids is 1. The van der Waals surface area contributed by atoms with Gasteiger partial charge in [0.2, 0.25) is 5.78 Å². The van der Waals surface area contributed by atoms with Gasteiger partial charge in [-0.1, -0.05) is 64.7 Å². The van der Waals surface area contributed by atoms with Crippen LogP contribution in [0.3, 0.4) is 0 Å². The number of ketones is 1. The van der Waals surface area contributed by atoms with E-state index >= 15 is 0 Å². The first kappa shape index (κ1) is 29.5. The van der Waals surface area contributed by atoms with Gasteiger partial charge in [0, 0.05) is 13.0 Å². The summed E-state index contributed by atoms with van der Waals surface area (Å²) in [5.74, 6) is -3.16. The Morgan fingerprint density at radius 1 is 0.581 bits per heavy atom. The van der Waals surface area contributed by atoms with Crippen LogP contribution in [-0.4, -0.2) is 69.1 Å². The van der Waals surface area contributed by atoms with Crippen molar-refractivity contribution < 1.29 is 38.4 Å². The Kier molecular flexibility index (Phi) is 22.0. The first-order valence-electron chi connectivity index (χ1n) is 11.7. The quantitative estimate of drug-likeness (QED) is 0.135. The number of aliphatic carboxylic acids is 1. The van der Waals surface area contributed by atoms with Crippen molar-refractivity contribution in [2.45, 2.75) is 84.0 Å². The van der Waals surface area contributed by atoms with Crippen LogP contribution in [0.25, 0.3) is 0 Å². The molecule has 31 heavy (non-hydrogen) atoms. The smallest absolute Gasteiger partial charge is 0.372 e. The molecule has 0 spiro atoms. The van der Waals surface area contributed by atoms with Gasteiger partial charge in [-0.2, -0.15) is 0 Å². The summed E-state index contributed by atoms with van der Waals surface area (Å²) < 4.78 is 21.0. The van der Waals surface area contributed by atoms with Gasteiger partial charge in [0.1, 0.15) is 6.61 Å². The van der Waals surface area contributed by atoms with Gasteiger partial charge in [0.05, 0.1) is 39.5 Å². The van der Waals surface area contributed by atoms with Gasteiger partial charge in [-0.05, 0) is 6.42 Å². The minimum Gasteiger partial charge on any atom is -0.476 e. The SMILES string of the molecule is CCCCCCCCCCCCOCCOCCOCCOC(=O)CCC(=O)C(=O)O. The fraction of sp³-hybridized carbons (Fsp3) is 0.870. The monoisotopic (exact) mass is 446 g/mol. The van der Waals surface area contributed by atoms with Crippen molar-refractivity contribution in [1.29, 1.82) is 0 Å². The molecule has 8 nitrogen and oxygen atoms in total. The number of hydrogen-bond donors (Lipinski definition) is 1. The molecule has 0 bridgehead atoms. The zero-order valence-electron chi connectivity index (χ0n) is 19.2. The molecule has 0 saturated heterocycles. The number of unbranched alkanes of at least 4 members (excludes halogenated alkanes) is 9. The third kappa shape index (κ3) is 23.0. The van der Waals surface area contributed by atoms with Crippen LogP contribution in [0.15, 0.2) is 0 Å². The summed E-state index contributed by atoms with van der Waals surface area (Å²) in [6.07, 6.45) is 12.5. The Morgan fingerprint density at radius 3 is 1.55 bits per heavy atom. The summed E-state index contributed by atoms with van der Waals surface area (Å²) in [6.45, 7) is 5.21. The Balaban J connectivity index is 3.16. The van der Waals surface area contributed by atoms with Crippen molar-refractivity contribution in [1.82, 2.24) is 0 Å². The highest BCUT2D eigenvalue weighted by Gasteiger charge is 2.14. The number of ether oxygens (including phenoxy) is 4. The van der Waals surface area contributed by atoms with Crippen molar-refractivity contribution >= 4 is 17.7 Å². The van der Waals surface area contributed by atoms with Gasteiger partial charge in [0.15, 0.2) is 0 Å². The van der Waals surface area contributed by atoms with Crippen molar-refractivity contribution in [3.63, 3.8) is 0 Å². The molecular formula is C23H42O8. The first-order valence-corrected chi connectivity index (χ1v) is 11.7. The maximum absolute atomic E-state index is 11.3. The third-order valence-corrected chi connectivity index (χ3v) is 4.67. The summed E-state index contributed by atoms with van der Waals surface area (Å²) in [5, 5.41) is 8.40. The fourth-order valence-electron chi connectivity index (χ4n) is 2.84. The van der Waals surface area contributed by atoms with E-state index < -0.39 is 17.7 Å². The number of Topliss-reactive ketones (excluding diaryl/α,β-unsaturated/α-hetero) is 1.